The molecular formula is C15H20NO2+. The van der Waals surface area contributed by atoms with Crippen LogP contribution >= 0.6 is 0 Å². The molecule has 0 amide bonds. The van der Waals surface area contributed by atoms with E-state index < -0.39 is 0 Å². The summed E-state index contributed by atoms with van der Waals surface area (Å²) in [4.78, 5) is 0. The van der Waals surface area contributed by atoms with E-state index in [9.17, 15) is 0 Å². The Morgan fingerprint density at radius 3 is 2.72 bits per heavy atom. The third-order valence-corrected chi connectivity index (χ3v) is 2.95. The number of nitrogens with two attached hydrogens (primary N) is 1. The van der Waals surface area contributed by atoms with Crippen LogP contribution in [0.25, 0.3) is 10.8 Å². The second kappa shape index (κ2) is 7.11. The topological polar surface area (TPSA) is 46.1 Å². The molecule has 0 bridgehead atoms. The van der Waals surface area contributed by atoms with Gasteiger partial charge in [-0.05, 0) is 10.8 Å². The Balaban J connectivity index is 1.88. The van der Waals surface area contributed by atoms with E-state index in [4.69, 9.17) is 9.84 Å². The predicted octanol–water partition coefficient (Wildman–Crippen LogP) is 0.912. The lowest BCUT2D eigenvalue weighted by atomic mass is 10.0. The third kappa shape index (κ3) is 3.53. The zero-order valence-corrected chi connectivity index (χ0v) is 10.5. The first-order valence-corrected chi connectivity index (χ1v) is 6.38. The molecule has 0 aliphatic carbocycles. The summed E-state index contributed by atoms with van der Waals surface area (Å²) in [6.07, 6.45) is 0. The number of benzene rings is 2. The fourth-order valence-corrected chi connectivity index (χ4v) is 2.06. The van der Waals surface area contributed by atoms with Gasteiger partial charge in [-0.3, -0.25) is 0 Å². The molecule has 0 aromatic heterocycles. The summed E-state index contributed by atoms with van der Waals surface area (Å²) in [5.41, 5.74) is 1.36. The summed E-state index contributed by atoms with van der Waals surface area (Å²) in [6.45, 7) is 3.10. The second-order valence-corrected chi connectivity index (χ2v) is 4.26. The van der Waals surface area contributed by atoms with E-state index in [-0.39, 0.29) is 6.61 Å². The monoisotopic (exact) mass is 246 g/mol. The van der Waals surface area contributed by atoms with E-state index in [1.807, 2.05) is 0 Å². The van der Waals surface area contributed by atoms with Gasteiger partial charge in [0.05, 0.1) is 26.4 Å². The molecule has 0 aliphatic heterocycles. The van der Waals surface area contributed by atoms with E-state index in [0.29, 0.717) is 13.2 Å². The van der Waals surface area contributed by atoms with Crippen molar-refractivity contribution in [1.29, 1.82) is 0 Å². The summed E-state index contributed by atoms with van der Waals surface area (Å²) >= 11 is 0. The Labute approximate surface area is 107 Å². The van der Waals surface area contributed by atoms with Gasteiger partial charge in [0.15, 0.2) is 0 Å². The summed E-state index contributed by atoms with van der Waals surface area (Å²) in [7, 11) is 0. The van der Waals surface area contributed by atoms with Crippen molar-refractivity contribution in [1.82, 2.24) is 0 Å². The van der Waals surface area contributed by atoms with Crippen LogP contribution in [-0.4, -0.2) is 31.5 Å². The maximum absolute atomic E-state index is 8.58. The maximum atomic E-state index is 8.58. The van der Waals surface area contributed by atoms with Crippen molar-refractivity contribution in [3.8, 4) is 0 Å². The highest BCUT2D eigenvalue weighted by Crippen LogP contribution is 2.17. The first kappa shape index (κ1) is 13.0. The summed E-state index contributed by atoms with van der Waals surface area (Å²) in [5.74, 6) is 0. The quantitative estimate of drug-likeness (QED) is 0.713. The number of hydrogen-bond donors (Lipinski definition) is 2. The zero-order valence-electron chi connectivity index (χ0n) is 10.5. The van der Waals surface area contributed by atoms with Crippen LogP contribution in [0.4, 0.5) is 0 Å². The number of aliphatic hydroxyl groups is 1. The second-order valence-electron chi connectivity index (χ2n) is 4.26. The Morgan fingerprint density at radius 1 is 1.00 bits per heavy atom. The van der Waals surface area contributed by atoms with Crippen molar-refractivity contribution < 1.29 is 15.2 Å². The van der Waals surface area contributed by atoms with E-state index in [2.05, 4.69) is 47.8 Å². The molecule has 0 heterocycles. The van der Waals surface area contributed by atoms with E-state index in [0.717, 1.165) is 13.1 Å². The number of rotatable bonds is 7. The van der Waals surface area contributed by atoms with Gasteiger partial charge in [-0.25, -0.2) is 0 Å². The molecule has 0 aliphatic rings. The van der Waals surface area contributed by atoms with Crippen molar-refractivity contribution in [2.75, 3.05) is 26.4 Å². The number of quaternary nitrogens is 1. The highest BCUT2D eigenvalue weighted by Gasteiger charge is 2.01. The highest BCUT2D eigenvalue weighted by molar-refractivity contribution is 5.85. The molecule has 3 N–H and O–H groups in total. The van der Waals surface area contributed by atoms with Crippen LogP contribution < -0.4 is 5.32 Å². The smallest absolute Gasteiger partial charge is 0.102 e. The summed E-state index contributed by atoms with van der Waals surface area (Å²) in [5, 5.41) is 13.4. The molecule has 0 saturated heterocycles. The van der Waals surface area contributed by atoms with Crippen LogP contribution in [-0.2, 0) is 11.3 Å². The van der Waals surface area contributed by atoms with E-state index in [1.54, 1.807) is 0 Å². The Morgan fingerprint density at radius 2 is 1.83 bits per heavy atom. The van der Waals surface area contributed by atoms with Crippen LogP contribution in [0, 0.1) is 0 Å². The maximum Gasteiger partial charge on any atom is 0.102 e. The van der Waals surface area contributed by atoms with Gasteiger partial charge in [0.25, 0.3) is 0 Å². The fourth-order valence-electron chi connectivity index (χ4n) is 2.06. The average molecular weight is 246 g/mol. The van der Waals surface area contributed by atoms with Crippen LogP contribution in [0.1, 0.15) is 5.56 Å². The number of fused-ring (bicyclic) bond motifs is 1. The Kier molecular flexibility index (Phi) is 5.15. The van der Waals surface area contributed by atoms with Gasteiger partial charge < -0.3 is 15.2 Å². The minimum atomic E-state index is 0.101. The Hall–Kier alpha value is -1.42. The van der Waals surface area contributed by atoms with Gasteiger partial charge in [0, 0.05) is 5.56 Å². The van der Waals surface area contributed by atoms with E-state index >= 15 is 0 Å². The fraction of sp³-hybridized carbons (Fsp3) is 0.333. The van der Waals surface area contributed by atoms with Crippen LogP contribution in [0.5, 0.6) is 0 Å². The van der Waals surface area contributed by atoms with Crippen LogP contribution in [0.15, 0.2) is 42.5 Å². The van der Waals surface area contributed by atoms with Crippen molar-refractivity contribution >= 4 is 10.8 Å². The average Bonchev–Trinajstić information content (AvgIpc) is 2.43. The lowest BCUT2D eigenvalue weighted by Gasteiger charge is -2.06. The lowest BCUT2D eigenvalue weighted by molar-refractivity contribution is -0.671. The van der Waals surface area contributed by atoms with Gasteiger partial charge >= 0.3 is 0 Å². The van der Waals surface area contributed by atoms with Crippen molar-refractivity contribution in [3.05, 3.63) is 48.0 Å². The van der Waals surface area contributed by atoms with Gasteiger partial charge in [0.2, 0.25) is 0 Å². The third-order valence-electron chi connectivity index (χ3n) is 2.95. The van der Waals surface area contributed by atoms with Crippen LogP contribution in [0.3, 0.4) is 0 Å². The first-order chi connectivity index (χ1) is 8.92. The normalized spacial score (nSPS) is 10.9. The Bertz CT molecular complexity index is 479. The van der Waals surface area contributed by atoms with Crippen LogP contribution in [0.2, 0.25) is 0 Å². The lowest BCUT2D eigenvalue weighted by Crippen LogP contribution is -2.83. The largest absolute Gasteiger partial charge is 0.394 e. The minimum Gasteiger partial charge on any atom is -0.394 e. The molecule has 96 valence electrons. The van der Waals surface area contributed by atoms with Gasteiger partial charge in [0.1, 0.15) is 6.54 Å². The van der Waals surface area contributed by atoms with Crippen molar-refractivity contribution in [2.24, 2.45) is 0 Å². The molecule has 2 rings (SSSR count). The molecular weight excluding hydrogens is 226 g/mol. The zero-order chi connectivity index (χ0) is 12.6. The van der Waals surface area contributed by atoms with E-state index in [1.165, 1.54) is 16.3 Å². The molecule has 0 unspecified atom stereocenters. The minimum absolute atomic E-state index is 0.101. The SMILES string of the molecule is OCCOCC[NH2+]Cc1cccc2ccccc12. The van der Waals surface area contributed by atoms with Gasteiger partial charge in [-0.1, -0.05) is 42.5 Å². The molecule has 0 atom stereocenters. The van der Waals surface area contributed by atoms with Crippen molar-refractivity contribution in [2.45, 2.75) is 6.54 Å². The molecule has 0 saturated carbocycles. The molecule has 3 heteroatoms. The molecule has 18 heavy (non-hydrogen) atoms. The first-order valence-electron chi connectivity index (χ1n) is 6.38. The number of ether oxygens (including phenoxy) is 1. The molecule has 3 nitrogen and oxygen atoms in total. The molecule has 0 radical (unpaired) electrons. The summed E-state index contributed by atoms with van der Waals surface area (Å²) in [6, 6.07) is 14.9. The number of aliphatic hydroxyl groups excluding tert-OH is 1. The highest BCUT2D eigenvalue weighted by atomic mass is 16.5. The molecule has 2 aromatic carbocycles. The molecule has 2 aromatic rings. The molecule has 0 fully saturated rings. The van der Waals surface area contributed by atoms with Gasteiger partial charge in [-0.15, -0.1) is 0 Å². The predicted molar refractivity (Wildman–Crippen MR) is 72.3 cm³/mol. The number of hydrogen-bond acceptors (Lipinski definition) is 2. The van der Waals surface area contributed by atoms with Crippen molar-refractivity contribution in [3.63, 3.8) is 0 Å². The van der Waals surface area contributed by atoms with Gasteiger partial charge in [-0.2, -0.15) is 0 Å². The summed E-state index contributed by atoms with van der Waals surface area (Å²) < 4.78 is 5.23. The standard InChI is InChI=1S/C15H19NO2/c17-9-11-18-10-8-16-12-14-6-3-5-13-4-1-2-7-15(13)14/h1-7,16-17H,8-12H2/p+1. The molecule has 0 spiro atoms.